The zero-order valence-electron chi connectivity index (χ0n) is 22.3. The summed E-state index contributed by atoms with van der Waals surface area (Å²) in [6.45, 7) is -0.0595. The molecule has 0 aromatic heterocycles. The zero-order valence-corrected chi connectivity index (χ0v) is 26.0. The van der Waals surface area contributed by atoms with Crippen LogP contribution in [0.5, 0.6) is 11.5 Å². The first-order chi connectivity index (χ1) is 19.7. The van der Waals surface area contributed by atoms with E-state index in [1.165, 1.54) is 19.3 Å². The van der Waals surface area contributed by atoms with Gasteiger partial charge in [0, 0.05) is 36.6 Å². The lowest BCUT2D eigenvalue weighted by molar-refractivity contribution is -0.146. The van der Waals surface area contributed by atoms with Gasteiger partial charge >= 0.3 is 0 Å². The summed E-state index contributed by atoms with van der Waals surface area (Å²) >= 11 is 14.4. The Kier molecular flexibility index (Phi) is 10.9. The number of rotatable bonds is 11. The van der Waals surface area contributed by atoms with Crippen molar-refractivity contribution < 1.29 is 34.1 Å². The number of halogens is 3. The molecular formula is C29H31Cl2IN2O7. The van der Waals surface area contributed by atoms with E-state index >= 15 is 0 Å². The summed E-state index contributed by atoms with van der Waals surface area (Å²) in [6.07, 6.45) is 2.46. The lowest BCUT2D eigenvalue weighted by Gasteiger charge is -2.43. The summed E-state index contributed by atoms with van der Waals surface area (Å²) in [5, 5.41) is 24.3. The number of hydrogen-bond acceptors (Lipinski definition) is 7. The number of ether oxygens (including phenoxy) is 2. The predicted octanol–water partition coefficient (Wildman–Crippen LogP) is 4.16. The van der Waals surface area contributed by atoms with Crippen LogP contribution in [0.3, 0.4) is 0 Å². The van der Waals surface area contributed by atoms with Gasteiger partial charge in [-0.1, -0.05) is 35.7 Å². The molecule has 0 heterocycles. The van der Waals surface area contributed by atoms with Gasteiger partial charge in [0.2, 0.25) is 11.8 Å². The highest BCUT2D eigenvalue weighted by atomic mass is 127. The monoisotopic (exact) mass is 716 g/mol. The topological polar surface area (TPSA) is 125 Å². The maximum absolute atomic E-state index is 13.8. The summed E-state index contributed by atoms with van der Waals surface area (Å²) in [4.78, 5) is 39.8. The standard InChI is InChI=1S/C29H31Cl2IN2O7/c1-40-25-11-17(15-36)10-22(32)27(25)41-24-13-19(28(38)33-7-8-35)12-23(26(24)37)34(29(39)18-3-2-4-18)14-16-5-6-20(30)21(31)9-16/h5-6,9-11,13,15,18,23-24,26,35,37H,2-4,7-8,12,14H2,1H3,(H,33,38). The molecule has 0 aliphatic heterocycles. The van der Waals surface area contributed by atoms with Gasteiger partial charge in [0.25, 0.3) is 0 Å². The number of hydrogen-bond donors (Lipinski definition) is 3. The van der Waals surface area contributed by atoms with Gasteiger partial charge in [-0.2, -0.15) is 0 Å². The minimum Gasteiger partial charge on any atom is -0.493 e. The molecular weight excluding hydrogens is 686 g/mol. The number of carbonyl (C=O) groups is 3. The van der Waals surface area contributed by atoms with E-state index in [4.69, 9.17) is 32.7 Å². The van der Waals surface area contributed by atoms with Crippen LogP contribution in [0.25, 0.3) is 0 Å². The van der Waals surface area contributed by atoms with E-state index in [0.717, 1.165) is 24.8 Å². The molecule has 0 spiro atoms. The Morgan fingerprint density at radius 2 is 1.95 bits per heavy atom. The molecule has 2 aliphatic rings. The van der Waals surface area contributed by atoms with Crippen LogP contribution in [0.15, 0.2) is 42.0 Å². The van der Waals surface area contributed by atoms with Gasteiger partial charge in [-0.25, -0.2) is 0 Å². The largest absolute Gasteiger partial charge is 0.493 e. The van der Waals surface area contributed by atoms with Gasteiger partial charge in [-0.05, 0) is 71.3 Å². The minimum atomic E-state index is -1.22. The first-order valence-electron chi connectivity index (χ1n) is 13.2. The normalized spacial score (nSPS) is 20.4. The van der Waals surface area contributed by atoms with Gasteiger partial charge in [0.1, 0.15) is 18.5 Å². The van der Waals surface area contributed by atoms with Crippen LogP contribution in [0.1, 0.15) is 41.6 Å². The lowest BCUT2D eigenvalue weighted by Crippen LogP contribution is -2.56. The summed E-state index contributed by atoms with van der Waals surface area (Å²) in [7, 11) is 1.44. The Bertz CT molecular complexity index is 1330. The van der Waals surface area contributed by atoms with Gasteiger partial charge < -0.3 is 29.9 Å². The fourth-order valence-corrected chi connectivity index (χ4v) is 5.99. The number of aldehydes is 1. The summed E-state index contributed by atoms with van der Waals surface area (Å²) in [5.74, 6) is -0.168. The van der Waals surface area contributed by atoms with Crippen LogP contribution in [-0.2, 0) is 16.1 Å². The molecule has 3 N–H and O–H groups in total. The van der Waals surface area contributed by atoms with Gasteiger partial charge in [0.15, 0.2) is 11.5 Å². The third kappa shape index (κ3) is 7.34. The van der Waals surface area contributed by atoms with Crippen molar-refractivity contribution in [3.63, 3.8) is 0 Å². The Balaban J connectivity index is 1.73. The van der Waals surface area contributed by atoms with E-state index in [2.05, 4.69) is 5.32 Å². The Morgan fingerprint density at radius 1 is 1.20 bits per heavy atom. The number of aliphatic hydroxyl groups is 2. The molecule has 3 unspecified atom stereocenters. The van der Waals surface area contributed by atoms with Crippen molar-refractivity contribution in [2.45, 2.75) is 50.5 Å². The number of nitrogens with one attached hydrogen (secondary N) is 1. The molecule has 0 radical (unpaired) electrons. The van der Waals surface area contributed by atoms with E-state index in [1.54, 1.807) is 29.2 Å². The van der Waals surface area contributed by atoms with Crippen LogP contribution in [-0.4, -0.2) is 71.7 Å². The molecule has 2 aromatic carbocycles. The Labute approximate surface area is 261 Å². The number of benzene rings is 2. The van der Waals surface area contributed by atoms with Gasteiger partial charge in [0.05, 0.1) is 33.4 Å². The van der Waals surface area contributed by atoms with Crippen molar-refractivity contribution in [2.75, 3.05) is 20.3 Å². The molecule has 1 saturated carbocycles. The molecule has 1 fully saturated rings. The minimum absolute atomic E-state index is 0.0434. The van der Waals surface area contributed by atoms with Crippen LogP contribution in [0, 0.1) is 9.49 Å². The van der Waals surface area contributed by atoms with Crippen molar-refractivity contribution >= 4 is 63.9 Å². The fourth-order valence-electron chi connectivity index (χ4n) is 4.92. The van der Waals surface area contributed by atoms with Crippen molar-refractivity contribution in [1.29, 1.82) is 0 Å². The van der Waals surface area contributed by atoms with Crippen LogP contribution in [0.4, 0.5) is 0 Å². The molecule has 2 aliphatic carbocycles. The molecule has 41 heavy (non-hydrogen) atoms. The quantitative estimate of drug-likeness (QED) is 0.236. The molecule has 220 valence electrons. The second-order valence-electron chi connectivity index (χ2n) is 10.0. The van der Waals surface area contributed by atoms with E-state index in [9.17, 15) is 24.6 Å². The number of nitrogens with zero attached hydrogens (tertiary/aromatic N) is 1. The van der Waals surface area contributed by atoms with Crippen LogP contribution >= 0.6 is 45.8 Å². The molecule has 2 aromatic rings. The van der Waals surface area contributed by atoms with E-state index in [-0.39, 0.29) is 49.4 Å². The second-order valence-corrected chi connectivity index (χ2v) is 12.0. The van der Waals surface area contributed by atoms with Gasteiger partial charge in [-0.3, -0.25) is 14.4 Å². The smallest absolute Gasteiger partial charge is 0.247 e. The summed E-state index contributed by atoms with van der Waals surface area (Å²) in [5.41, 5.74) is 1.41. The maximum atomic E-state index is 13.8. The highest BCUT2D eigenvalue weighted by Crippen LogP contribution is 2.38. The van der Waals surface area contributed by atoms with Crippen LogP contribution < -0.4 is 14.8 Å². The number of methoxy groups -OCH3 is 1. The van der Waals surface area contributed by atoms with Crippen molar-refractivity contribution in [1.82, 2.24) is 10.2 Å². The number of carbonyl (C=O) groups excluding carboxylic acids is 3. The zero-order chi connectivity index (χ0) is 29.7. The molecule has 0 saturated heterocycles. The lowest BCUT2D eigenvalue weighted by atomic mass is 9.82. The van der Waals surface area contributed by atoms with Crippen molar-refractivity contribution in [3.05, 3.63) is 66.7 Å². The SMILES string of the molecule is COc1cc(C=O)cc(I)c1OC1C=C(C(=O)NCCO)CC(N(Cc2ccc(Cl)c(Cl)c2)C(=O)C2CCC2)C1O. The summed E-state index contributed by atoms with van der Waals surface area (Å²) in [6, 6.07) is 7.42. The predicted molar refractivity (Wildman–Crippen MR) is 162 cm³/mol. The third-order valence-corrected chi connectivity index (χ3v) is 8.87. The Hall–Kier alpha value is -2.38. The highest BCUT2D eigenvalue weighted by Gasteiger charge is 2.43. The molecule has 0 bridgehead atoms. The van der Waals surface area contributed by atoms with Gasteiger partial charge in [-0.15, -0.1) is 0 Å². The molecule has 4 rings (SSSR count). The highest BCUT2D eigenvalue weighted by molar-refractivity contribution is 14.1. The molecule has 9 nitrogen and oxygen atoms in total. The molecule has 12 heteroatoms. The van der Waals surface area contributed by atoms with Crippen molar-refractivity contribution in [3.8, 4) is 11.5 Å². The average Bonchev–Trinajstić information content (AvgIpc) is 2.93. The fraction of sp³-hybridized carbons (Fsp3) is 0.414. The van der Waals surface area contributed by atoms with Crippen molar-refractivity contribution in [2.24, 2.45) is 5.92 Å². The second kappa shape index (κ2) is 14.2. The molecule has 2 amide bonds. The first kappa shape index (κ1) is 31.6. The first-order valence-corrected chi connectivity index (χ1v) is 15.0. The number of amides is 2. The van der Waals surface area contributed by atoms with E-state index in [0.29, 0.717) is 31.0 Å². The molecule has 3 atom stereocenters. The van der Waals surface area contributed by atoms with E-state index in [1.807, 2.05) is 22.6 Å². The van der Waals surface area contributed by atoms with Crippen LogP contribution in [0.2, 0.25) is 10.0 Å². The number of aliphatic hydroxyl groups excluding tert-OH is 2. The van der Waals surface area contributed by atoms with E-state index < -0.39 is 24.2 Å². The Morgan fingerprint density at radius 3 is 2.56 bits per heavy atom. The third-order valence-electron chi connectivity index (χ3n) is 7.33. The summed E-state index contributed by atoms with van der Waals surface area (Å²) < 4.78 is 12.3. The average molecular weight is 717 g/mol. The maximum Gasteiger partial charge on any atom is 0.247 e.